The lowest BCUT2D eigenvalue weighted by Gasteiger charge is -2.29. The van der Waals surface area contributed by atoms with E-state index in [0.29, 0.717) is 11.4 Å². The van der Waals surface area contributed by atoms with Crippen molar-refractivity contribution in [1.29, 1.82) is 0 Å². The molecule has 1 aliphatic heterocycles. The van der Waals surface area contributed by atoms with E-state index in [-0.39, 0.29) is 11.9 Å². The van der Waals surface area contributed by atoms with Gasteiger partial charge in [-0.1, -0.05) is 25.7 Å². The number of nitrogens with one attached hydrogen (secondary N) is 1. The Bertz CT molecular complexity index is 707. The number of benzene rings is 1. The molecule has 0 radical (unpaired) electrons. The molecule has 1 fully saturated rings. The standard InChI is InChI=1S/C18H26N2O3S/c1-14(21)20-12-6-7-15-13-17(10-11-18(15)20)24(22,23)19-16-8-4-2-3-5-9-16/h10-11,13,16,19H,2-9,12H2,1H3. The zero-order valence-electron chi connectivity index (χ0n) is 14.3. The van der Waals surface area contributed by atoms with Gasteiger partial charge in [0, 0.05) is 25.2 Å². The van der Waals surface area contributed by atoms with Gasteiger partial charge in [-0.25, -0.2) is 13.1 Å². The smallest absolute Gasteiger partial charge is 0.240 e. The number of carbonyl (C=O) groups is 1. The van der Waals surface area contributed by atoms with Crippen LogP contribution >= 0.6 is 0 Å². The van der Waals surface area contributed by atoms with E-state index < -0.39 is 10.0 Å². The average molecular weight is 350 g/mol. The summed E-state index contributed by atoms with van der Waals surface area (Å²) in [6.45, 7) is 2.25. The van der Waals surface area contributed by atoms with Gasteiger partial charge in [-0.2, -0.15) is 0 Å². The predicted molar refractivity (Wildman–Crippen MR) is 94.6 cm³/mol. The first kappa shape index (κ1) is 17.4. The van der Waals surface area contributed by atoms with Crippen LogP contribution in [0.25, 0.3) is 0 Å². The lowest BCUT2D eigenvalue weighted by Crippen LogP contribution is -2.35. The van der Waals surface area contributed by atoms with E-state index >= 15 is 0 Å². The fourth-order valence-electron chi connectivity index (χ4n) is 3.75. The van der Waals surface area contributed by atoms with Crippen molar-refractivity contribution in [2.45, 2.75) is 69.2 Å². The molecule has 1 N–H and O–H groups in total. The van der Waals surface area contributed by atoms with Gasteiger partial charge in [-0.3, -0.25) is 4.79 Å². The van der Waals surface area contributed by atoms with Crippen molar-refractivity contribution in [3.63, 3.8) is 0 Å². The van der Waals surface area contributed by atoms with E-state index in [1.165, 1.54) is 12.8 Å². The number of anilines is 1. The second-order valence-electron chi connectivity index (χ2n) is 6.87. The Kier molecular flexibility index (Phi) is 5.25. The third kappa shape index (κ3) is 3.81. The topological polar surface area (TPSA) is 66.5 Å². The summed E-state index contributed by atoms with van der Waals surface area (Å²) in [6.07, 6.45) is 8.08. The van der Waals surface area contributed by atoms with Crippen molar-refractivity contribution in [2.75, 3.05) is 11.4 Å². The van der Waals surface area contributed by atoms with Gasteiger partial charge in [0.15, 0.2) is 0 Å². The third-order valence-corrected chi connectivity index (χ3v) is 6.56. The molecule has 0 spiro atoms. The fourth-order valence-corrected chi connectivity index (χ4v) is 5.11. The van der Waals surface area contributed by atoms with E-state index in [4.69, 9.17) is 0 Å². The van der Waals surface area contributed by atoms with Gasteiger partial charge in [-0.15, -0.1) is 0 Å². The van der Waals surface area contributed by atoms with Crippen molar-refractivity contribution in [1.82, 2.24) is 4.72 Å². The summed E-state index contributed by atoms with van der Waals surface area (Å²) in [6, 6.07) is 5.18. The number of nitrogens with zero attached hydrogens (tertiary/aromatic N) is 1. The molecule has 2 aliphatic rings. The van der Waals surface area contributed by atoms with Crippen LogP contribution in [0.2, 0.25) is 0 Å². The van der Waals surface area contributed by atoms with E-state index in [0.717, 1.165) is 49.8 Å². The number of rotatable bonds is 3. The molecule has 132 valence electrons. The van der Waals surface area contributed by atoms with Crippen LogP contribution in [0.4, 0.5) is 5.69 Å². The summed E-state index contributed by atoms with van der Waals surface area (Å²) in [7, 11) is -3.50. The highest BCUT2D eigenvalue weighted by molar-refractivity contribution is 7.89. The van der Waals surface area contributed by atoms with Gasteiger partial charge >= 0.3 is 0 Å². The number of amides is 1. The predicted octanol–water partition coefficient (Wildman–Crippen LogP) is 2.99. The summed E-state index contributed by atoms with van der Waals surface area (Å²) in [4.78, 5) is 13.8. The van der Waals surface area contributed by atoms with Crippen LogP contribution in [0.1, 0.15) is 57.4 Å². The molecule has 6 heteroatoms. The van der Waals surface area contributed by atoms with Crippen molar-refractivity contribution in [2.24, 2.45) is 0 Å². The maximum atomic E-state index is 12.7. The van der Waals surface area contributed by atoms with Crippen LogP contribution in [0, 0.1) is 0 Å². The van der Waals surface area contributed by atoms with Crippen LogP contribution in [0.3, 0.4) is 0 Å². The highest BCUT2D eigenvalue weighted by atomic mass is 32.2. The van der Waals surface area contributed by atoms with Crippen molar-refractivity contribution >= 4 is 21.6 Å². The SMILES string of the molecule is CC(=O)N1CCCc2cc(S(=O)(=O)NC3CCCCCC3)ccc21. The lowest BCUT2D eigenvalue weighted by molar-refractivity contribution is -0.116. The molecule has 1 heterocycles. The molecule has 1 aromatic rings. The summed E-state index contributed by atoms with van der Waals surface area (Å²) in [5.41, 5.74) is 1.79. The van der Waals surface area contributed by atoms with Gasteiger partial charge < -0.3 is 4.90 Å². The quantitative estimate of drug-likeness (QED) is 0.852. The summed E-state index contributed by atoms with van der Waals surface area (Å²) in [5.74, 6) is 0.00291. The first-order valence-electron chi connectivity index (χ1n) is 8.91. The molecule has 0 saturated heterocycles. The molecule has 3 rings (SSSR count). The number of hydrogen-bond acceptors (Lipinski definition) is 3. The van der Waals surface area contributed by atoms with Crippen molar-refractivity contribution in [3.8, 4) is 0 Å². The van der Waals surface area contributed by atoms with Gasteiger partial charge in [0.25, 0.3) is 0 Å². The van der Waals surface area contributed by atoms with Crippen molar-refractivity contribution in [3.05, 3.63) is 23.8 Å². The second kappa shape index (κ2) is 7.23. The minimum atomic E-state index is -3.50. The largest absolute Gasteiger partial charge is 0.312 e. The van der Waals surface area contributed by atoms with Crippen LogP contribution < -0.4 is 9.62 Å². The van der Waals surface area contributed by atoms with Gasteiger partial charge in [-0.05, 0) is 49.4 Å². The van der Waals surface area contributed by atoms with Crippen LogP contribution in [0.5, 0.6) is 0 Å². The molecule has 1 saturated carbocycles. The third-order valence-electron chi connectivity index (χ3n) is 5.04. The highest BCUT2D eigenvalue weighted by Crippen LogP contribution is 2.30. The number of aryl methyl sites for hydroxylation is 1. The first-order chi connectivity index (χ1) is 11.5. The Morgan fingerprint density at radius 1 is 1.12 bits per heavy atom. The Balaban J connectivity index is 1.82. The van der Waals surface area contributed by atoms with Crippen LogP contribution in [-0.2, 0) is 21.2 Å². The molecule has 24 heavy (non-hydrogen) atoms. The van der Waals surface area contributed by atoms with Gasteiger partial charge in [0.2, 0.25) is 15.9 Å². The molecule has 1 aliphatic carbocycles. The van der Waals surface area contributed by atoms with E-state index in [2.05, 4.69) is 4.72 Å². The lowest BCUT2D eigenvalue weighted by atomic mass is 10.0. The Morgan fingerprint density at radius 2 is 1.83 bits per heavy atom. The fraction of sp³-hybridized carbons (Fsp3) is 0.611. The summed E-state index contributed by atoms with van der Waals surface area (Å²) < 4.78 is 28.3. The number of fused-ring (bicyclic) bond motifs is 1. The maximum absolute atomic E-state index is 12.7. The number of sulfonamides is 1. The van der Waals surface area contributed by atoms with Crippen molar-refractivity contribution < 1.29 is 13.2 Å². The molecular weight excluding hydrogens is 324 g/mol. The zero-order chi connectivity index (χ0) is 17.2. The Labute approximate surface area is 144 Å². The molecule has 0 unspecified atom stereocenters. The molecular formula is C18H26N2O3S. The first-order valence-corrected chi connectivity index (χ1v) is 10.4. The molecule has 0 bridgehead atoms. The molecule has 1 aromatic carbocycles. The number of carbonyl (C=O) groups excluding carboxylic acids is 1. The minimum Gasteiger partial charge on any atom is -0.312 e. The minimum absolute atomic E-state index is 0.00291. The van der Waals surface area contributed by atoms with E-state index in [1.54, 1.807) is 30.0 Å². The molecule has 0 atom stereocenters. The van der Waals surface area contributed by atoms with Gasteiger partial charge in [0.05, 0.1) is 4.90 Å². The monoisotopic (exact) mass is 350 g/mol. The normalized spacial score (nSPS) is 19.6. The van der Waals surface area contributed by atoms with E-state index in [1.807, 2.05) is 0 Å². The molecule has 0 aromatic heterocycles. The van der Waals surface area contributed by atoms with Crippen LogP contribution in [-0.4, -0.2) is 26.9 Å². The summed E-state index contributed by atoms with van der Waals surface area (Å²) >= 11 is 0. The summed E-state index contributed by atoms with van der Waals surface area (Å²) in [5, 5.41) is 0. The Morgan fingerprint density at radius 3 is 2.50 bits per heavy atom. The van der Waals surface area contributed by atoms with Crippen LogP contribution in [0.15, 0.2) is 23.1 Å². The zero-order valence-corrected chi connectivity index (χ0v) is 15.1. The Hall–Kier alpha value is -1.40. The number of hydrogen-bond donors (Lipinski definition) is 1. The average Bonchev–Trinajstić information content (AvgIpc) is 2.81. The van der Waals surface area contributed by atoms with E-state index in [9.17, 15) is 13.2 Å². The van der Waals surface area contributed by atoms with Gasteiger partial charge in [0.1, 0.15) is 0 Å². The molecule has 1 amide bonds. The highest BCUT2D eigenvalue weighted by Gasteiger charge is 2.25. The maximum Gasteiger partial charge on any atom is 0.240 e. The second-order valence-corrected chi connectivity index (χ2v) is 8.59. The molecule has 5 nitrogen and oxygen atoms in total.